The number of fused-ring (bicyclic) bond motifs is 1. The number of rotatable bonds is 7. The van der Waals surface area contributed by atoms with Crippen LogP contribution in [0.4, 0.5) is 29.1 Å². The lowest BCUT2D eigenvalue weighted by atomic mass is 9.96. The van der Waals surface area contributed by atoms with Crippen LogP contribution in [0.5, 0.6) is 5.75 Å². The molecule has 13 heteroatoms. The number of halogens is 4. The van der Waals surface area contributed by atoms with Crippen molar-refractivity contribution in [1.82, 2.24) is 14.9 Å². The predicted molar refractivity (Wildman–Crippen MR) is 149 cm³/mol. The Morgan fingerprint density at radius 2 is 1.93 bits per heavy atom. The average molecular weight is 581 g/mol. The quantitative estimate of drug-likeness (QED) is 0.200. The van der Waals surface area contributed by atoms with Gasteiger partial charge in [0.2, 0.25) is 0 Å². The van der Waals surface area contributed by atoms with Crippen molar-refractivity contribution in [3.63, 3.8) is 0 Å². The number of benzene rings is 2. The smallest absolute Gasteiger partial charge is 0.405 e. The Morgan fingerprint density at radius 1 is 1.21 bits per heavy atom. The van der Waals surface area contributed by atoms with Gasteiger partial charge in [-0.3, -0.25) is 9.59 Å². The standard InChI is InChI=1S/C29H24F4N6O3/c1-14(2)27(40)38-17-6-8-18(20(30)10-17)25-22(23-24(39(25)3)16(11-34)12-36-26(23)35)15-5-7-19(21(9-15)42-4)28(41)37-13-29(31,32)33/h5-10,12H,1,13H2,2-4H3,(H2,35,36)(H,37,41)(H,38,40). The molecule has 216 valence electrons. The first kappa shape index (κ1) is 29.6. The third-order valence-corrected chi connectivity index (χ3v) is 6.41. The monoisotopic (exact) mass is 580 g/mol. The van der Waals surface area contributed by atoms with Gasteiger partial charge in [0.25, 0.3) is 11.8 Å². The lowest BCUT2D eigenvalue weighted by Crippen LogP contribution is -2.33. The minimum absolute atomic E-state index is 0.0255. The molecule has 2 heterocycles. The first-order valence-corrected chi connectivity index (χ1v) is 12.2. The molecular weight excluding hydrogens is 556 g/mol. The molecule has 0 spiro atoms. The maximum Gasteiger partial charge on any atom is 0.405 e. The van der Waals surface area contributed by atoms with E-state index in [1.807, 2.05) is 0 Å². The van der Waals surface area contributed by atoms with Crippen molar-refractivity contribution >= 4 is 34.2 Å². The topological polar surface area (TPSA) is 135 Å². The molecule has 42 heavy (non-hydrogen) atoms. The normalized spacial score (nSPS) is 11.2. The zero-order valence-electron chi connectivity index (χ0n) is 22.6. The van der Waals surface area contributed by atoms with E-state index in [0.717, 1.165) is 6.07 Å². The fourth-order valence-electron chi connectivity index (χ4n) is 4.52. The Balaban J connectivity index is 1.96. The highest BCUT2D eigenvalue weighted by molar-refractivity contribution is 6.11. The number of aromatic nitrogens is 2. The van der Waals surface area contributed by atoms with Crippen molar-refractivity contribution in [2.45, 2.75) is 13.1 Å². The molecule has 2 aromatic carbocycles. The van der Waals surface area contributed by atoms with Crippen LogP contribution < -0.4 is 21.1 Å². The molecule has 2 aromatic heterocycles. The fourth-order valence-corrected chi connectivity index (χ4v) is 4.52. The fraction of sp³-hybridized carbons (Fsp3) is 0.172. The minimum Gasteiger partial charge on any atom is -0.496 e. The Morgan fingerprint density at radius 3 is 2.52 bits per heavy atom. The van der Waals surface area contributed by atoms with Crippen molar-refractivity contribution < 1.29 is 31.9 Å². The number of anilines is 2. The zero-order valence-corrected chi connectivity index (χ0v) is 22.6. The molecule has 0 saturated heterocycles. The molecule has 0 bridgehead atoms. The average Bonchev–Trinajstić information content (AvgIpc) is 3.24. The summed E-state index contributed by atoms with van der Waals surface area (Å²) < 4.78 is 60.6. The van der Waals surface area contributed by atoms with E-state index in [1.165, 1.54) is 50.6 Å². The molecule has 0 aliphatic rings. The van der Waals surface area contributed by atoms with E-state index in [-0.39, 0.29) is 45.2 Å². The number of nitrogens with one attached hydrogen (secondary N) is 2. The molecule has 0 radical (unpaired) electrons. The zero-order chi connectivity index (χ0) is 30.9. The number of hydrogen-bond donors (Lipinski definition) is 3. The van der Waals surface area contributed by atoms with Gasteiger partial charge in [-0.15, -0.1) is 0 Å². The summed E-state index contributed by atoms with van der Waals surface area (Å²) in [7, 11) is 2.85. The van der Waals surface area contributed by atoms with Crippen molar-refractivity contribution in [3.8, 4) is 34.2 Å². The van der Waals surface area contributed by atoms with E-state index < -0.39 is 30.4 Å². The highest BCUT2D eigenvalue weighted by Crippen LogP contribution is 2.45. The Hall–Kier alpha value is -5.38. The summed E-state index contributed by atoms with van der Waals surface area (Å²) >= 11 is 0. The summed E-state index contributed by atoms with van der Waals surface area (Å²) in [6.45, 7) is 3.53. The van der Waals surface area contributed by atoms with Crippen LogP contribution in [0.2, 0.25) is 0 Å². The van der Waals surface area contributed by atoms with Gasteiger partial charge >= 0.3 is 6.18 Å². The summed E-state index contributed by atoms with van der Waals surface area (Å²) in [6, 6.07) is 10.2. The van der Waals surface area contributed by atoms with Crippen LogP contribution >= 0.6 is 0 Å². The molecule has 9 nitrogen and oxygen atoms in total. The van der Waals surface area contributed by atoms with Crippen LogP contribution in [0.3, 0.4) is 0 Å². The van der Waals surface area contributed by atoms with Crippen LogP contribution in [-0.2, 0) is 11.8 Å². The van der Waals surface area contributed by atoms with Crippen LogP contribution in [-0.4, -0.2) is 41.2 Å². The summed E-state index contributed by atoms with van der Waals surface area (Å²) in [5, 5.41) is 14.4. The lowest BCUT2D eigenvalue weighted by Gasteiger charge is -2.14. The maximum atomic E-state index is 15.7. The van der Waals surface area contributed by atoms with Crippen LogP contribution in [0, 0.1) is 17.1 Å². The minimum atomic E-state index is -4.61. The number of nitrogen functional groups attached to an aromatic ring is 1. The van der Waals surface area contributed by atoms with E-state index in [4.69, 9.17) is 10.5 Å². The van der Waals surface area contributed by atoms with Crippen molar-refractivity contribution in [2.75, 3.05) is 24.7 Å². The second kappa shape index (κ2) is 11.2. The third-order valence-electron chi connectivity index (χ3n) is 6.41. The summed E-state index contributed by atoms with van der Waals surface area (Å²) in [6.07, 6.45) is -3.33. The van der Waals surface area contributed by atoms with Gasteiger partial charge in [-0.25, -0.2) is 9.37 Å². The number of methoxy groups -OCH3 is 1. The van der Waals surface area contributed by atoms with Crippen LogP contribution in [0.15, 0.2) is 54.7 Å². The maximum absolute atomic E-state index is 15.7. The molecule has 0 aliphatic heterocycles. The van der Waals surface area contributed by atoms with Crippen molar-refractivity contribution in [2.24, 2.45) is 7.05 Å². The number of carbonyl (C=O) groups excluding carboxylic acids is 2. The molecule has 0 fully saturated rings. The largest absolute Gasteiger partial charge is 0.496 e. The van der Waals surface area contributed by atoms with Crippen LogP contribution in [0.1, 0.15) is 22.8 Å². The van der Waals surface area contributed by atoms with E-state index in [9.17, 15) is 28.0 Å². The number of pyridine rings is 1. The Labute approximate surface area is 237 Å². The molecular formula is C29H24F4N6O3. The van der Waals surface area contributed by atoms with Gasteiger partial charge in [-0.1, -0.05) is 12.6 Å². The number of alkyl halides is 3. The molecule has 0 atom stereocenters. The first-order chi connectivity index (χ1) is 19.8. The molecule has 4 rings (SSSR count). The molecule has 4 N–H and O–H groups in total. The summed E-state index contributed by atoms with van der Waals surface area (Å²) in [5.41, 5.74) is 8.03. The van der Waals surface area contributed by atoms with Crippen LogP contribution in [0.25, 0.3) is 33.3 Å². The first-order valence-electron chi connectivity index (χ1n) is 12.2. The highest BCUT2D eigenvalue weighted by Gasteiger charge is 2.29. The second-order valence-electron chi connectivity index (χ2n) is 9.32. The lowest BCUT2D eigenvalue weighted by molar-refractivity contribution is -0.123. The SMILES string of the molecule is C=C(C)C(=O)Nc1ccc(-c2c(-c3ccc(C(=O)NCC(F)(F)F)c(OC)c3)c3c(N)ncc(C#N)c3n2C)c(F)c1. The van der Waals surface area contributed by atoms with E-state index >= 15 is 4.39 Å². The Kier molecular flexibility index (Phi) is 7.92. The number of hydrogen-bond acceptors (Lipinski definition) is 6. The molecule has 4 aromatic rings. The second-order valence-corrected chi connectivity index (χ2v) is 9.32. The van der Waals surface area contributed by atoms with E-state index in [0.29, 0.717) is 22.0 Å². The summed E-state index contributed by atoms with van der Waals surface area (Å²) in [5.74, 6) is -2.26. The van der Waals surface area contributed by atoms with Crippen molar-refractivity contribution in [1.29, 1.82) is 5.26 Å². The number of nitrogens with two attached hydrogens (primary N) is 1. The van der Waals surface area contributed by atoms with Gasteiger partial charge in [0.15, 0.2) is 0 Å². The molecule has 0 saturated carbocycles. The number of ether oxygens (including phenoxy) is 1. The third kappa shape index (κ3) is 5.60. The van der Waals surface area contributed by atoms with Gasteiger partial charge in [0, 0.05) is 35.6 Å². The molecule has 0 aliphatic carbocycles. The van der Waals surface area contributed by atoms with Gasteiger partial charge in [-0.2, -0.15) is 18.4 Å². The number of nitriles is 1. The van der Waals surface area contributed by atoms with Gasteiger partial charge in [0.05, 0.1) is 34.8 Å². The van der Waals surface area contributed by atoms with Gasteiger partial charge in [-0.05, 0) is 42.8 Å². The summed E-state index contributed by atoms with van der Waals surface area (Å²) in [4.78, 5) is 28.7. The number of carbonyl (C=O) groups is 2. The van der Waals surface area contributed by atoms with E-state index in [2.05, 4.69) is 22.9 Å². The predicted octanol–water partition coefficient (Wildman–Crippen LogP) is 5.32. The molecule has 0 unspecified atom stereocenters. The number of amides is 2. The van der Waals surface area contributed by atoms with Gasteiger partial charge < -0.3 is 25.7 Å². The van der Waals surface area contributed by atoms with Gasteiger partial charge in [0.1, 0.15) is 30.0 Å². The highest BCUT2D eigenvalue weighted by atomic mass is 19.4. The molecule has 2 amide bonds. The number of nitrogens with zero attached hydrogens (tertiary/aromatic N) is 3. The van der Waals surface area contributed by atoms with Crippen molar-refractivity contribution in [3.05, 3.63) is 71.7 Å². The van der Waals surface area contributed by atoms with E-state index in [1.54, 1.807) is 16.9 Å². The number of aryl methyl sites for hydroxylation is 1. The Bertz CT molecular complexity index is 1800.